The maximum absolute atomic E-state index is 13.7. The molecule has 0 saturated heterocycles. The van der Waals surface area contributed by atoms with Crippen molar-refractivity contribution in [2.45, 2.75) is 64.2 Å². The molecule has 0 aliphatic heterocycles. The highest BCUT2D eigenvalue weighted by Gasteiger charge is 2.42. The van der Waals surface area contributed by atoms with Crippen LogP contribution in [0.1, 0.15) is 69.4 Å². The van der Waals surface area contributed by atoms with Gasteiger partial charge in [0.2, 0.25) is 0 Å². The van der Waals surface area contributed by atoms with E-state index in [2.05, 4.69) is 24.3 Å². The molecule has 4 N–H and O–H groups in total. The molecular formula is C29H44BrN3O4. The molecule has 0 spiro atoms. The Balaban J connectivity index is 0.00000481. The summed E-state index contributed by atoms with van der Waals surface area (Å²) in [5.74, 6) is -1.20. The molecule has 2 aromatic rings. The van der Waals surface area contributed by atoms with Crippen LogP contribution in [-0.2, 0) is 14.2 Å². The van der Waals surface area contributed by atoms with E-state index in [1.165, 1.54) is 22.3 Å². The molecule has 2 aromatic carbocycles. The Kier molecular flexibility index (Phi) is 13.6. The molecule has 0 bridgehead atoms. The molecule has 0 unspecified atom stereocenters. The lowest BCUT2D eigenvalue weighted by Crippen LogP contribution is -2.56. The molecule has 3 rings (SSSR count). The van der Waals surface area contributed by atoms with E-state index in [4.69, 9.17) is 25.7 Å². The predicted molar refractivity (Wildman–Crippen MR) is 154 cm³/mol. The van der Waals surface area contributed by atoms with Gasteiger partial charge in [0, 0.05) is 32.1 Å². The summed E-state index contributed by atoms with van der Waals surface area (Å²) in [5, 5.41) is 0. The molecule has 0 saturated carbocycles. The summed E-state index contributed by atoms with van der Waals surface area (Å²) < 4.78 is 18.3. The minimum atomic E-state index is -1.20. The molecule has 1 aliphatic carbocycles. The maximum Gasteiger partial charge on any atom is 0.413 e. The SMILES string of the molecule is Br.CCOC(CCCN)(OCC)N(CCCCCCN)C(=O)OCC1c2ccccc2-c2ccccc21. The Morgan fingerprint density at radius 2 is 1.38 bits per heavy atom. The number of hydrogen-bond donors (Lipinski definition) is 2. The standard InChI is InChI=1S/C29H43N3O4.BrH/c1-3-35-29(36-4-2,18-13-20-31)32(21-12-6-5-11-19-30)28(33)34-22-27-25-16-9-7-14-23(25)24-15-8-10-17-26(24)27;/h7-10,14-17,27H,3-6,11-13,18-22,30-31H2,1-2H3;1H. The summed E-state index contributed by atoms with van der Waals surface area (Å²) in [5.41, 5.74) is 16.3. The van der Waals surface area contributed by atoms with Crippen molar-refractivity contribution in [1.82, 2.24) is 4.90 Å². The van der Waals surface area contributed by atoms with Crippen LogP contribution in [0, 0.1) is 0 Å². The molecule has 206 valence electrons. The van der Waals surface area contributed by atoms with Crippen LogP contribution in [0.3, 0.4) is 0 Å². The monoisotopic (exact) mass is 577 g/mol. The van der Waals surface area contributed by atoms with Gasteiger partial charge in [0.05, 0.1) is 0 Å². The lowest BCUT2D eigenvalue weighted by molar-refractivity contribution is -0.307. The van der Waals surface area contributed by atoms with Gasteiger partial charge >= 0.3 is 6.09 Å². The molecule has 1 aliphatic rings. The topological polar surface area (TPSA) is 100 Å². The van der Waals surface area contributed by atoms with Gasteiger partial charge in [0.25, 0.3) is 5.91 Å². The van der Waals surface area contributed by atoms with Crippen LogP contribution in [0.2, 0.25) is 0 Å². The predicted octanol–water partition coefficient (Wildman–Crippen LogP) is 5.80. The first-order valence-electron chi connectivity index (χ1n) is 13.4. The zero-order chi connectivity index (χ0) is 25.8. The highest BCUT2D eigenvalue weighted by atomic mass is 79.9. The number of rotatable bonds is 16. The van der Waals surface area contributed by atoms with Crippen LogP contribution in [0.5, 0.6) is 0 Å². The fourth-order valence-corrected chi connectivity index (χ4v) is 5.09. The van der Waals surface area contributed by atoms with E-state index in [1.807, 2.05) is 38.1 Å². The fourth-order valence-electron chi connectivity index (χ4n) is 5.09. The summed E-state index contributed by atoms with van der Waals surface area (Å²) in [6.07, 6.45) is 4.51. The van der Waals surface area contributed by atoms with E-state index in [0.717, 1.165) is 25.7 Å². The van der Waals surface area contributed by atoms with Crippen molar-refractivity contribution in [3.63, 3.8) is 0 Å². The lowest BCUT2D eigenvalue weighted by atomic mass is 9.98. The van der Waals surface area contributed by atoms with Crippen LogP contribution < -0.4 is 11.5 Å². The van der Waals surface area contributed by atoms with Gasteiger partial charge in [0.1, 0.15) is 6.61 Å². The lowest BCUT2D eigenvalue weighted by Gasteiger charge is -2.42. The van der Waals surface area contributed by atoms with Gasteiger partial charge in [-0.05, 0) is 68.5 Å². The number of fused-ring (bicyclic) bond motifs is 3. The Morgan fingerprint density at radius 1 is 0.838 bits per heavy atom. The minimum Gasteiger partial charge on any atom is -0.448 e. The van der Waals surface area contributed by atoms with Gasteiger partial charge in [-0.2, -0.15) is 0 Å². The van der Waals surface area contributed by atoms with Crippen molar-refractivity contribution in [3.05, 3.63) is 59.7 Å². The molecule has 7 nitrogen and oxygen atoms in total. The van der Waals surface area contributed by atoms with E-state index in [0.29, 0.717) is 45.7 Å². The summed E-state index contributed by atoms with van der Waals surface area (Å²) >= 11 is 0. The van der Waals surface area contributed by atoms with Crippen molar-refractivity contribution >= 4 is 23.1 Å². The Bertz CT molecular complexity index is 907. The number of amides is 1. The number of ether oxygens (including phenoxy) is 3. The molecule has 0 aromatic heterocycles. The average Bonchev–Trinajstić information content (AvgIpc) is 3.22. The number of nitrogens with two attached hydrogens (primary N) is 2. The summed E-state index contributed by atoms with van der Waals surface area (Å²) in [6, 6.07) is 16.7. The average molecular weight is 579 g/mol. The Hall–Kier alpha value is -1.97. The van der Waals surface area contributed by atoms with Crippen LogP contribution in [0.25, 0.3) is 11.1 Å². The highest BCUT2D eigenvalue weighted by Crippen LogP contribution is 2.44. The van der Waals surface area contributed by atoms with E-state index < -0.39 is 12.0 Å². The minimum absolute atomic E-state index is 0. The van der Waals surface area contributed by atoms with Gasteiger partial charge < -0.3 is 25.7 Å². The smallest absolute Gasteiger partial charge is 0.413 e. The van der Waals surface area contributed by atoms with Crippen LogP contribution >= 0.6 is 17.0 Å². The van der Waals surface area contributed by atoms with Gasteiger partial charge in [-0.1, -0.05) is 61.4 Å². The zero-order valence-electron chi connectivity index (χ0n) is 22.3. The van der Waals surface area contributed by atoms with E-state index in [1.54, 1.807) is 4.90 Å². The number of halogens is 1. The first-order valence-corrected chi connectivity index (χ1v) is 13.4. The molecule has 8 heteroatoms. The highest BCUT2D eigenvalue weighted by molar-refractivity contribution is 8.93. The number of carbonyl (C=O) groups is 1. The van der Waals surface area contributed by atoms with Crippen molar-refractivity contribution in [2.24, 2.45) is 11.5 Å². The van der Waals surface area contributed by atoms with Crippen molar-refractivity contribution in [1.29, 1.82) is 0 Å². The third kappa shape index (κ3) is 7.77. The second kappa shape index (κ2) is 16.1. The second-order valence-corrected chi connectivity index (χ2v) is 9.13. The second-order valence-electron chi connectivity index (χ2n) is 9.13. The van der Waals surface area contributed by atoms with Gasteiger partial charge in [0.15, 0.2) is 0 Å². The van der Waals surface area contributed by atoms with E-state index in [9.17, 15) is 4.79 Å². The first-order chi connectivity index (χ1) is 17.6. The number of carbonyl (C=O) groups excluding carboxylic acids is 1. The summed E-state index contributed by atoms with van der Waals surface area (Å²) in [7, 11) is 0. The molecule has 0 atom stereocenters. The normalized spacial score (nSPS) is 12.5. The summed E-state index contributed by atoms with van der Waals surface area (Å²) in [4.78, 5) is 15.3. The third-order valence-corrected chi connectivity index (χ3v) is 6.74. The zero-order valence-corrected chi connectivity index (χ0v) is 24.0. The van der Waals surface area contributed by atoms with Crippen LogP contribution in [0.15, 0.2) is 48.5 Å². The molecular weight excluding hydrogens is 534 g/mol. The molecule has 37 heavy (non-hydrogen) atoms. The van der Waals surface area contributed by atoms with Crippen LogP contribution in [-0.4, -0.2) is 56.4 Å². The number of nitrogens with zero attached hydrogens (tertiary/aromatic N) is 1. The quantitative estimate of drug-likeness (QED) is 0.193. The van der Waals surface area contributed by atoms with E-state index >= 15 is 0 Å². The van der Waals surface area contributed by atoms with E-state index in [-0.39, 0.29) is 29.5 Å². The molecule has 1 amide bonds. The van der Waals surface area contributed by atoms with Crippen molar-refractivity contribution < 1.29 is 19.0 Å². The van der Waals surface area contributed by atoms with Gasteiger partial charge in [-0.15, -0.1) is 17.0 Å². The number of unbranched alkanes of at least 4 members (excludes halogenated alkanes) is 3. The molecule has 0 fully saturated rings. The Morgan fingerprint density at radius 3 is 1.92 bits per heavy atom. The van der Waals surface area contributed by atoms with Gasteiger partial charge in [-0.25, -0.2) is 4.79 Å². The van der Waals surface area contributed by atoms with Gasteiger partial charge in [-0.3, -0.25) is 4.90 Å². The molecule has 0 radical (unpaired) electrons. The molecule has 0 heterocycles. The summed E-state index contributed by atoms with van der Waals surface area (Å²) in [6.45, 7) is 6.52. The van der Waals surface area contributed by atoms with Crippen molar-refractivity contribution in [3.8, 4) is 11.1 Å². The Labute approximate surface area is 232 Å². The third-order valence-electron chi connectivity index (χ3n) is 6.74. The van der Waals surface area contributed by atoms with Crippen LogP contribution in [0.4, 0.5) is 4.79 Å². The first kappa shape index (κ1) is 31.2. The maximum atomic E-state index is 13.7. The fraction of sp³-hybridized carbons (Fsp3) is 0.552. The number of benzene rings is 2. The largest absolute Gasteiger partial charge is 0.448 e. The number of hydrogen-bond acceptors (Lipinski definition) is 6. The van der Waals surface area contributed by atoms with Crippen molar-refractivity contribution in [2.75, 3.05) is 39.5 Å².